The summed E-state index contributed by atoms with van der Waals surface area (Å²) in [6.45, 7) is 10.4. The third-order valence-electron chi connectivity index (χ3n) is 7.01. The van der Waals surface area contributed by atoms with E-state index >= 15 is 0 Å². The average molecular weight is 558 g/mol. The van der Waals surface area contributed by atoms with Gasteiger partial charge in [0.2, 0.25) is 0 Å². The lowest BCUT2D eigenvalue weighted by Gasteiger charge is -2.31. The summed E-state index contributed by atoms with van der Waals surface area (Å²) in [6.07, 6.45) is -0.696. The molecule has 218 valence electrons. The molecule has 6 atom stereocenters. The van der Waals surface area contributed by atoms with Crippen molar-refractivity contribution < 1.29 is 43.2 Å². The molecule has 2 rings (SSSR count). The van der Waals surface area contributed by atoms with Gasteiger partial charge >= 0.3 is 24.1 Å². The Morgan fingerprint density at radius 3 is 1.88 bits per heavy atom. The number of rotatable bonds is 13. The van der Waals surface area contributed by atoms with E-state index in [-0.39, 0.29) is 17.4 Å². The van der Waals surface area contributed by atoms with Crippen LogP contribution >= 0.6 is 0 Å². The zero-order valence-corrected chi connectivity index (χ0v) is 23.8. The highest BCUT2D eigenvalue weighted by Crippen LogP contribution is 2.38. The van der Waals surface area contributed by atoms with E-state index in [1.54, 1.807) is 64.1 Å². The van der Waals surface area contributed by atoms with Crippen LogP contribution in [0.1, 0.15) is 65.9 Å². The van der Waals surface area contributed by atoms with Crippen LogP contribution in [-0.4, -0.2) is 41.3 Å². The van der Waals surface area contributed by atoms with Gasteiger partial charge in [0.25, 0.3) is 0 Å². The second-order valence-corrected chi connectivity index (χ2v) is 9.90. The number of ether oxygens (including phenoxy) is 4. The molecule has 0 aliphatic rings. The Bertz CT molecular complexity index is 1170. The van der Waals surface area contributed by atoms with Gasteiger partial charge in [-0.1, -0.05) is 58.9 Å². The first-order valence-electron chi connectivity index (χ1n) is 13.4. The minimum Gasteiger partial charge on any atom is -0.480 e. The third-order valence-corrected chi connectivity index (χ3v) is 7.01. The largest absolute Gasteiger partial charge is 0.514 e. The highest BCUT2D eigenvalue weighted by Gasteiger charge is 2.36. The summed E-state index contributed by atoms with van der Waals surface area (Å²) >= 11 is 0. The highest BCUT2D eigenvalue weighted by molar-refractivity contribution is 5.79. The molecular formula is C30H39NO9. The maximum atomic E-state index is 12.7. The van der Waals surface area contributed by atoms with Crippen LogP contribution in [0, 0.1) is 17.8 Å². The maximum absolute atomic E-state index is 12.7. The average Bonchev–Trinajstić information content (AvgIpc) is 2.93. The first-order chi connectivity index (χ1) is 18.9. The predicted octanol–water partition coefficient (Wildman–Crippen LogP) is 5.33. The van der Waals surface area contributed by atoms with Crippen molar-refractivity contribution >= 4 is 24.1 Å². The van der Waals surface area contributed by atoms with E-state index in [9.17, 15) is 24.3 Å². The van der Waals surface area contributed by atoms with Crippen LogP contribution in [0.25, 0.3) is 0 Å². The van der Waals surface area contributed by atoms with Gasteiger partial charge in [0, 0.05) is 11.8 Å². The van der Waals surface area contributed by atoms with Gasteiger partial charge in [-0.05, 0) is 49.6 Å². The standard InChI is InChI=1S/C30H39NO9/c1-7-17(3)28(34)39-23-15-14-21(16-24(23)40-29(35)18(4)8-2)25(26(31)27(32)33)19(5)20(6)37-30(36)38-22-12-10-9-11-13-22/h9-20,25-26H,7-8,31H2,1-6H3,(H,32,33)/t17?,18?,19?,20?,25?,26-/m0/s1. The van der Waals surface area contributed by atoms with Crippen LogP contribution in [0.3, 0.4) is 0 Å². The van der Waals surface area contributed by atoms with Crippen molar-refractivity contribution in [2.24, 2.45) is 23.5 Å². The van der Waals surface area contributed by atoms with Crippen LogP contribution in [0.4, 0.5) is 4.79 Å². The molecule has 5 unspecified atom stereocenters. The molecule has 0 amide bonds. The summed E-state index contributed by atoms with van der Waals surface area (Å²) in [5.74, 6) is -4.36. The van der Waals surface area contributed by atoms with E-state index in [0.717, 1.165) is 0 Å². The molecule has 2 aromatic rings. The molecule has 0 fully saturated rings. The van der Waals surface area contributed by atoms with Gasteiger partial charge in [-0.15, -0.1) is 0 Å². The molecule has 3 N–H and O–H groups in total. The van der Waals surface area contributed by atoms with Gasteiger partial charge in [-0.25, -0.2) is 4.79 Å². The number of benzene rings is 2. The Kier molecular flexibility index (Phi) is 12.1. The van der Waals surface area contributed by atoms with Gasteiger partial charge in [0.05, 0.1) is 11.8 Å². The fourth-order valence-electron chi connectivity index (χ4n) is 3.80. The number of nitrogens with two attached hydrogens (primary N) is 1. The fourth-order valence-corrected chi connectivity index (χ4v) is 3.80. The van der Waals surface area contributed by atoms with Crippen LogP contribution < -0.4 is 19.9 Å². The number of aliphatic carboxylic acids is 1. The van der Waals surface area contributed by atoms with Gasteiger partial charge in [-0.3, -0.25) is 14.4 Å². The van der Waals surface area contributed by atoms with E-state index in [2.05, 4.69) is 0 Å². The Balaban J connectivity index is 2.42. The van der Waals surface area contributed by atoms with Crippen LogP contribution in [0.2, 0.25) is 0 Å². The SMILES string of the molecule is CCC(C)C(=O)Oc1ccc(C(C(C)C(C)OC(=O)Oc2ccccc2)[C@H](N)C(=O)O)cc1OC(=O)C(C)CC. The molecule has 10 nitrogen and oxygen atoms in total. The normalized spacial score (nSPS) is 15.5. The molecule has 2 aromatic carbocycles. The number of carbonyl (C=O) groups excluding carboxylic acids is 3. The zero-order chi connectivity index (χ0) is 30.0. The number of carbonyl (C=O) groups is 4. The number of para-hydroxylation sites is 1. The van der Waals surface area contributed by atoms with Crippen molar-refractivity contribution in [3.05, 3.63) is 54.1 Å². The number of hydrogen-bond acceptors (Lipinski definition) is 9. The monoisotopic (exact) mass is 557 g/mol. The topological polar surface area (TPSA) is 151 Å². The first kappa shape index (κ1) is 32.3. The number of esters is 2. The van der Waals surface area contributed by atoms with E-state index in [4.69, 9.17) is 24.7 Å². The molecular weight excluding hydrogens is 518 g/mol. The highest BCUT2D eigenvalue weighted by atomic mass is 16.7. The molecule has 40 heavy (non-hydrogen) atoms. The molecule has 0 saturated carbocycles. The number of carboxylic acids is 1. The van der Waals surface area contributed by atoms with E-state index in [1.165, 1.54) is 12.1 Å². The summed E-state index contributed by atoms with van der Waals surface area (Å²) in [7, 11) is 0. The quantitative estimate of drug-likeness (QED) is 0.188. The Morgan fingerprint density at radius 1 is 0.800 bits per heavy atom. The van der Waals surface area contributed by atoms with Crippen LogP contribution in [-0.2, 0) is 19.1 Å². The van der Waals surface area contributed by atoms with E-state index in [1.807, 2.05) is 13.8 Å². The second kappa shape index (κ2) is 15.0. The minimum atomic E-state index is -1.40. The van der Waals surface area contributed by atoms with Crippen molar-refractivity contribution in [1.29, 1.82) is 0 Å². The zero-order valence-electron chi connectivity index (χ0n) is 23.8. The lowest BCUT2D eigenvalue weighted by atomic mass is 9.79. The lowest BCUT2D eigenvalue weighted by Crippen LogP contribution is -2.43. The van der Waals surface area contributed by atoms with Gasteiger partial charge in [-0.2, -0.15) is 0 Å². The van der Waals surface area contributed by atoms with Gasteiger partial charge in [0.1, 0.15) is 17.9 Å². The molecule has 0 aliphatic heterocycles. The van der Waals surface area contributed by atoms with Crippen molar-refractivity contribution in [1.82, 2.24) is 0 Å². The molecule has 0 aliphatic carbocycles. The van der Waals surface area contributed by atoms with E-state index < -0.39 is 54.0 Å². The van der Waals surface area contributed by atoms with Crippen molar-refractivity contribution in [3.8, 4) is 17.2 Å². The third kappa shape index (κ3) is 8.81. The molecule has 0 spiro atoms. The Morgan fingerprint density at radius 2 is 1.35 bits per heavy atom. The van der Waals surface area contributed by atoms with Crippen LogP contribution in [0.5, 0.6) is 17.2 Å². The fraction of sp³-hybridized carbons (Fsp3) is 0.467. The van der Waals surface area contributed by atoms with E-state index in [0.29, 0.717) is 24.2 Å². The molecule has 0 radical (unpaired) electrons. The summed E-state index contributed by atoms with van der Waals surface area (Å²) in [6, 6.07) is 11.4. The van der Waals surface area contributed by atoms with Crippen molar-refractivity contribution in [2.45, 2.75) is 72.4 Å². The van der Waals surface area contributed by atoms with Crippen LogP contribution in [0.15, 0.2) is 48.5 Å². The summed E-state index contributed by atoms with van der Waals surface area (Å²) < 4.78 is 21.8. The number of hydrogen-bond donors (Lipinski definition) is 2. The maximum Gasteiger partial charge on any atom is 0.514 e. The van der Waals surface area contributed by atoms with Crippen molar-refractivity contribution in [3.63, 3.8) is 0 Å². The summed E-state index contributed by atoms with van der Waals surface area (Å²) in [5.41, 5.74) is 6.51. The van der Waals surface area contributed by atoms with Gasteiger partial charge < -0.3 is 29.8 Å². The Hall–Kier alpha value is -3.92. The Labute approximate surface area is 234 Å². The predicted molar refractivity (Wildman–Crippen MR) is 147 cm³/mol. The molecule has 0 heterocycles. The molecule has 0 saturated heterocycles. The first-order valence-corrected chi connectivity index (χ1v) is 13.4. The van der Waals surface area contributed by atoms with Crippen molar-refractivity contribution in [2.75, 3.05) is 0 Å². The second-order valence-electron chi connectivity index (χ2n) is 9.90. The lowest BCUT2D eigenvalue weighted by molar-refractivity contribution is -0.141. The smallest absolute Gasteiger partial charge is 0.480 e. The minimum absolute atomic E-state index is 0.0248. The summed E-state index contributed by atoms with van der Waals surface area (Å²) in [4.78, 5) is 49.5. The number of carboxylic acid groups (broad SMARTS) is 1. The molecule has 0 aromatic heterocycles. The van der Waals surface area contributed by atoms with Gasteiger partial charge in [0.15, 0.2) is 11.5 Å². The summed E-state index contributed by atoms with van der Waals surface area (Å²) in [5, 5.41) is 9.79. The molecule has 0 bridgehead atoms. The molecule has 10 heteroatoms.